The number of aryl methyl sites for hydroxylation is 1. The Morgan fingerprint density at radius 3 is 2.44 bits per heavy atom. The van der Waals surface area contributed by atoms with Gasteiger partial charge in [0, 0.05) is 17.7 Å². The van der Waals surface area contributed by atoms with Gasteiger partial charge in [-0.15, -0.1) is 11.3 Å². The smallest absolute Gasteiger partial charge is 0.365 e. The van der Waals surface area contributed by atoms with Crippen molar-refractivity contribution in [3.8, 4) is 0 Å². The van der Waals surface area contributed by atoms with Gasteiger partial charge in [0.05, 0.1) is 22.9 Å². The molecule has 3 heterocycles. The summed E-state index contributed by atoms with van der Waals surface area (Å²) in [5, 5.41) is 6.15. The van der Waals surface area contributed by atoms with E-state index in [4.69, 9.17) is 17.3 Å². The number of nitrogens with one attached hydrogen (secondary N) is 1. The molecule has 2 aliphatic rings. The Labute approximate surface area is 209 Å². The van der Waals surface area contributed by atoms with Crippen molar-refractivity contribution in [3.63, 3.8) is 0 Å². The summed E-state index contributed by atoms with van der Waals surface area (Å²) in [6.45, 7) is -0.176. The maximum Gasteiger partial charge on any atom is 0.436 e. The summed E-state index contributed by atoms with van der Waals surface area (Å²) in [5.74, 6) is -1.63. The van der Waals surface area contributed by atoms with Crippen molar-refractivity contribution in [2.24, 2.45) is 5.73 Å². The largest absolute Gasteiger partial charge is 0.436 e. The molecule has 2 amide bonds. The average Bonchev–Trinajstić information content (AvgIpc) is 3.72. The number of rotatable bonds is 8. The lowest BCUT2D eigenvalue weighted by molar-refractivity contribution is -0.141. The Bertz CT molecular complexity index is 1380. The SMILES string of the molecule is NC(=O)c1sc2nc(C(F)F)cc(C3CC3)c2c1NC(=O)CCn1nc(C(F)(F)F)c(Cl)c1C1CC1. The van der Waals surface area contributed by atoms with Crippen molar-refractivity contribution in [3.05, 3.63) is 38.6 Å². The lowest BCUT2D eigenvalue weighted by atomic mass is 10.0. The number of primary amides is 1. The Morgan fingerprint density at radius 2 is 1.89 bits per heavy atom. The minimum atomic E-state index is -4.73. The van der Waals surface area contributed by atoms with Crippen LogP contribution in [0.3, 0.4) is 0 Å². The third-order valence-corrected chi connectivity index (χ3v) is 7.63. The molecular weight excluding hydrogens is 529 g/mol. The van der Waals surface area contributed by atoms with Crippen LogP contribution in [0.2, 0.25) is 5.02 Å². The van der Waals surface area contributed by atoms with Crippen molar-refractivity contribution in [1.29, 1.82) is 0 Å². The average molecular weight is 548 g/mol. The lowest BCUT2D eigenvalue weighted by Gasteiger charge is -2.11. The lowest BCUT2D eigenvalue weighted by Crippen LogP contribution is -2.19. The molecule has 36 heavy (non-hydrogen) atoms. The fourth-order valence-corrected chi connectivity index (χ4v) is 5.65. The number of hydrogen-bond donors (Lipinski definition) is 2. The Balaban J connectivity index is 1.44. The zero-order valence-electron chi connectivity index (χ0n) is 18.5. The monoisotopic (exact) mass is 547 g/mol. The van der Waals surface area contributed by atoms with E-state index in [-0.39, 0.29) is 45.9 Å². The Hall–Kier alpha value is -2.80. The first-order chi connectivity index (χ1) is 17.0. The summed E-state index contributed by atoms with van der Waals surface area (Å²) in [4.78, 5) is 29.0. The van der Waals surface area contributed by atoms with Crippen LogP contribution in [0.1, 0.15) is 82.7 Å². The summed E-state index contributed by atoms with van der Waals surface area (Å²) in [6, 6.07) is 1.28. The van der Waals surface area contributed by atoms with Gasteiger partial charge in [0.2, 0.25) is 5.91 Å². The van der Waals surface area contributed by atoms with E-state index in [2.05, 4.69) is 15.4 Å². The van der Waals surface area contributed by atoms with Crippen LogP contribution in [0.4, 0.5) is 27.6 Å². The molecule has 0 bridgehead atoms. The predicted molar refractivity (Wildman–Crippen MR) is 123 cm³/mol. The van der Waals surface area contributed by atoms with Crippen LogP contribution in [0, 0.1) is 0 Å². The number of anilines is 1. The van der Waals surface area contributed by atoms with Crippen LogP contribution in [0.15, 0.2) is 6.07 Å². The highest BCUT2D eigenvalue weighted by atomic mass is 35.5. The number of carbonyl (C=O) groups excluding carboxylic acids is 2. The number of aromatic nitrogens is 3. The molecule has 0 radical (unpaired) electrons. The van der Waals surface area contributed by atoms with Crippen molar-refractivity contribution in [2.75, 3.05) is 5.32 Å². The van der Waals surface area contributed by atoms with Gasteiger partial charge in [0.1, 0.15) is 15.4 Å². The molecule has 0 unspecified atom stereocenters. The van der Waals surface area contributed by atoms with Gasteiger partial charge in [-0.2, -0.15) is 18.3 Å². The van der Waals surface area contributed by atoms with Gasteiger partial charge >= 0.3 is 6.18 Å². The van der Waals surface area contributed by atoms with Crippen LogP contribution in [0.5, 0.6) is 0 Å². The maximum atomic E-state index is 13.4. The minimum absolute atomic E-state index is 0.00733. The number of carbonyl (C=O) groups is 2. The van der Waals surface area contributed by atoms with Gasteiger partial charge in [-0.3, -0.25) is 14.3 Å². The first-order valence-electron chi connectivity index (χ1n) is 11.1. The number of alkyl halides is 5. The zero-order valence-corrected chi connectivity index (χ0v) is 20.0. The number of nitrogens with two attached hydrogens (primary N) is 1. The molecule has 7 nitrogen and oxygen atoms in total. The first kappa shape index (κ1) is 24.9. The molecule has 0 aliphatic heterocycles. The Kier molecular flexibility index (Phi) is 6.18. The normalized spacial score (nSPS) is 16.2. The van der Waals surface area contributed by atoms with E-state index in [1.54, 1.807) is 0 Å². The molecular formula is C22H19ClF5N5O2S. The standard InChI is InChI=1S/C22H19ClF5N5O2S/c23-14-16(9-3-4-9)33(32-18(14)22(26,27)28)6-5-12(34)31-15-13-10(8-1-2-8)7-11(19(24)25)30-21(13)36-17(15)20(29)35/h7-9,19H,1-6H2,(H2,29,35)(H,31,34). The van der Waals surface area contributed by atoms with Gasteiger partial charge in [0.25, 0.3) is 12.3 Å². The number of halogens is 6. The molecule has 3 aromatic heterocycles. The van der Waals surface area contributed by atoms with E-state index in [0.29, 0.717) is 23.8 Å². The molecule has 0 saturated heterocycles. The quantitative estimate of drug-likeness (QED) is 0.338. The van der Waals surface area contributed by atoms with E-state index in [9.17, 15) is 31.5 Å². The fourth-order valence-electron chi connectivity index (χ4n) is 4.23. The number of nitrogens with zero attached hydrogens (tertiary/aromatic N) is 3. The molecule has 14 heteroatoms. The number of hydrogen-bond acceptors (Lipinski definition) is 5. The molecule has 5 rings (SSSR count). The highest BCUT2D eigenvalue weighted by Gasteiger charge is 2.42. The van der Waals surface area contributed by atoms with E-state index >= 15 is 0 Å². The van der Waals surface area contributed by atoms with Gasteiger partial charge in [-0.1, -0.05) is 11.6 Å². The third kappa shape index (κ3) is 4.65. The zero-order chi connectivity index (χ0) is 25.9. The van der Waals surface area contributed by atoms with E-state index in [1.807, 2.05) is 0 Å². The van der Waals surface area contributed by atoms with Gasteiger partial charge < -0.3 is 11.1 Å². The fraction of sp³-hybridized carbons (Fsp3) is 0.455. The van der Waals surface area contributed by atoms with Crippen LogP contribution in [0.25, 0.3) is 10.2 Å². The number of pyridine rings is 1. The third-order valence-electron chi connectivity index (χ3n) is 6.16. The van der Waals surface area contributed by atoms with E-state index < -0.39 is 40.8 Å². The van der Waals surface area contributed by atoms with Crippen LogP contribution < -0.4 is 11.1 Å². The van der Waals surface area contributed by atoms with Crippen LogP contribution in [-0.2, 0) is 17.5 Å². The molecule has 2 saturated carbocycles. The number of amides is 2. The van der Waals surface area contributed by atoms with E-state index in [0.717, 1.165) is 28.9 Å². The Morgan fingerprint density at radius 1 is 1.22 bits per heavy atom. The van der Waals surface area contributed by atoms with Crippen molar-refractivity contribution >= 4 is 50.7 Å². The summed E-state index contributed by atoms with van der Waals surface area (Å²) in [7, 11) is 0. The molecule has 192 valence electrons. The summed E-state index contributed by atoms with van der Waals surface area (Å²) >= 11 is 6.78. The second-order valence-electron chi connectivity index (χ2n) is 8.90. The first-order valence-corrected chi connectivity index (χ1v) is 12.3. The van der Waals surface area contributed by atoms with Gasteiger partial charge in [-0.05, 0) is 43.2 Å². The van der Waals surface area contributed by atoms with Crippen molar-refractivity contribution in [2.45, 2.75) is 63.1 Å². The van der Waals surface area contributed by atoms with Crippen molar-refractivity contribution < 1.29 is 31.5 Å². The van der Waals surface area contributed by atoms with Gasteiger partial charge in [-0.25, -0.2) is 13.8 Å². The maximum absolute atomic E-state index is 13.4. The van der Waals surface area contributed by atoms with Gasteiger partial charge in [0.15, 0.2) is 5.69 Å². The molecule has 3 N–H and O–H groups in total. The number of thiophene rings is 1. The summed E-state index contributed by atoms with van der Waals surface area (Å²) in [5.41, 5.74) is 4.75. The van der Waals surface area contributed by atoms with E-state index in [1.165, 1.54) is 6.07 Å². The minimum Gasteiger partial charge on any atom is -0.365 e. The molecule has 2 fully saturated rings. The highest BCUT2D eigenvalue weighted by Crippen LogP contribution is 2.49. The van der Waals surface area contributed by atoms with Crippen LogP contribution in [-0.4, -0.2) is 26.6 Å². The predicted octanol–water partition coefficient (Wildman–Crippen LogP) is 5.99. The highest BCUT2D eigenvalue weighted by molar-refractivity contribution is 7.21. The molecule has 2 aliphatic carbocycles. The molecule has 0 atom stereocenters. The topological polar surface area (TPSA) is 103 Å². The summed E-state index contributed by atoms with van der Waals surface area (Å²) < 4.78 is 67.8. The number of fused-ring (bicyclic) bond motifs is 1. The van der Waals surface area contributed by atoms with Crippen LogP contribution >= 0.6 is 22.9 Å². The molecule has 0 aromatic carbocycles. The summed E-state index contributed by atoms with van der Waals surface area (Å²) in [6.07, 6.45) is -4.93. The second kappa shape index (κ2) is 8.94. The molecule has 0 spiro atoms. The second-order valence-corrected chi connectivity index (χ2v) is 10.3. The van der Waals surface area contributed by atoms with Crippen molar-refractivity contribution in [1.82, 2.24) is 14.8 Å². The molecule has 3 aromatic rings.